The topological polar surface area (TPSA) is 400 Å². The van der Waals surface area contributed by atoms with E-state index in [-0.39, 0.29) is 49.0 Å². The number of phenolic OH excluding ortho intramolecular Hbond substituents is 1. The van der Waals surface area contributed by atoms with Gasteiger partial charge in [-0.2, -0.15) is 0 Å². The number of benzene rings is 1. The summed E-state index contributed by atoms with van der Waals surface area (Å²) in [5, 5.41) is 27.7. The Morgan fingerprint density at radius 1 is 0.783 bits per heavy atom. The van der Waals surface area contributed by atoms with Crippen molar-refractivity contribution < 1.29 is 57.8 Å². The van der Waals surface area contributed by atoms with Crippen LogP contribution in [0.3, 0.4) is 0 Å². The smallest absolute Gasteiger partial charge is 0.246 e. The van der Waals surface area contributed by atoms with Crippen LogP contribution in [0.4, 0.5) is 0 Å². The van der Waals surface area contributed by atoms with Crippen LogP contribution in [0.2, 0.25) is 0 Å². The maximum Gasteiger partial charge on any atom is 0.246 e. The second-order valence-electron chi connectivity index (χ2n) is 17.4. The van der Waals surface area contributed by atoms with Crippen molar-refractivity contribution in [2.45, 2.75) is 127 Å². The molecule has 0 aromatic heterocycles. The van der Waals surface area contributed by atoms with Crippen molar-refractivity contribution in [3.63, 3.8) is 0 Å². The summed E-state index contributed by atoms with van der Waals surface area (Å²) in [6.45, 7) is 6.60. The lowest BCUT2D eigenvalue weighted by molar-refractivity contribution is -0.142. The molecule has 1 aromatic carbocycles. The van der Waals surface area contributed by atoms with Crippen LogP contribution in [0, 0.1) is 11.8 Å². The van der Waals surface area contributed by atoms with Crippen LogP contribution in [0.1, 0.15) is 78.2 Å². The van der Waals surface area contributed by atoms with E-state index in [1.807, 2.05) is 13.8 Å². The van der Waals surface area contributed by atoms with Gasteiger partial charge < -0.3 is 70.2 Å². The quantitative estimate of drug-likeness (QED) is 0.0671. The number of rotatable bonds is 17. The van der Waals surface area contributed by atoms with E-state index in [1.165, 1.54) is 29.2 Å². The number of primary amides is 3. The Labute approximate surface area is 407 Å². The van der Waals surface area contributed by atoms with E-state index in [2.05, 4.69) is 37.2 Å². The van der Waals surface area contributed by atoms with Gasteiger partial charge in [-0.3, -0.25) is 52.7 Å². The SMILES string of the molecule is CC[C@H](C)C1NC(=O)C(Cc2ccc(O)cc2)NC(=O)C(N)CSSCC(C(=O)N2CCC[C@H]2C(=O)N[C@@H](CC(C)C)C(=O)NCC(N)=O)NC(=O)C(CC(N)=O)NC(=O)C(CCC(N)=O)NC1=O. The van der Waals surface area contributed by atoms with E-state index < -0.39 is 145 Å². The molecule has 16 N–H and O–H groups in total. The summed E-state index contributed by atoms with van der Waals surface area (Å²) in [7, 11) is 2.05. The maximum atomic E-state index is 14.5. The van der Waals surface area contributed by atoms with Crippen LogP contribution in [0.15, 0.2) is 24.3 Å². The minimum atomic E-state index is -1.75. The Balaban J connectivity index is 2.05. The van der Waals surface area contributed by atoms with E-state index in [9.17, 15) is 57.8 Å². The molecule has 2 saturated heterocycles. The molecule has 2 aliphatic heterocycles. The van der Waals surface area contributed by atoms with Gasteiger partial charge in [-0.05, 0) is 55.2 Å². The minimum Gasteiger partial charge on any atom is -0.508 e. The number of hydrogen-bond acceptors (Lipinski definition) is 15. The molecule has 11 amide bonds. The molecular formula is C43H66N12O12S2. The summed E-state index contributed by atoms with van der Waals surface area (Å²) >= 11 is 0. The van der Waals surface area contributed by atoms with Crippen LogP contribution in [0.5, 0.6) is 5.75 Å². The first-order chi connectivity index (χ1) is 32.5. The van der Waals surface area contributed by atoms with Gasteiger partial charge in [0.25, 0.3) is 0 Å². The van der Waals surface area contributed by atoms with E-state index in [0.717, 1.165) is 21.6 Å². The van der Waals surface area contributed by atoms with Crippen molar-refractivity contribution >= 4 is 86.6 Å². The summed E-state index contributed by atoms with van der Waals surface area (Å²) in [4.78, 5) is 148. The standard InChI is InChI=1S/C43H66N12O12S2/c1-5-22(4)35-42(66)49-26(12-13-32(45)57)38(62)51-29(17-33(46)58)39(63)53-30(20-69-68-19-25(44)36(60)50-28(40(64)54-35)16-23-8-10-24(56)11-9-23)43(67)55-14-6-7-31(55)41(65)52-27(15-21(2)3)37(61)48-18-34(47)59/h8-11,21-22,25-31,35,56H,5-7,12-20,44H2,1-4H3,(H2,45,57)(H2,46,58)(H2,47,59)(H,48,61)(H,49,66)(H,50,60)(H,51,62)(H,52,65)(H,53,63)(H,54,64)/t22-,25?,26?,27-,28?,29?,30?,31-,35?/m0/s1. The van der Waals surface area contributed by atoms with Gasteiger partial charge in [0, 0.05) is 30.9 Å². The molecule has 0 spiro atoms. The average molecular weight is 1010 g/mol. The lowest BCUT2D eigenvalue weighted by atomic mass is 9.96. The van der Waals surface area contributed by atoms with Gasteiger partial charge in [-0.15, -0.1) is 0 Å². The van der Waals surface area contributed by atoms with Crippen molar-refractivity contribution in [2.24, 2.45) is 34.8 Å². The van der Waals surface area contributed by atoms with Crippen LogP contribution in [0.25, 0.3) is 0 Å². The number of nitrogens with two attached hydrogens (primary N) is 4. The number of phenols is 1. The predicted octanol–water partition coefficient (Wildman–Crippen LogP) is -3.61. The monoisotopic (exact) mass is 1010 g/mol. The highest BCUT2D eigenvalue weighted by Gasteiger charge is 2.41. The second kappa shape index (κ2) is 27.7. The summed E-state index contributed by atoms with van der Waals surface area (Å²) in [5.74, 6) is -10.4. The zero-order valence-corrected chi connectivity index (χ0v) is 40.7. The van der Waals surface area contributed by atoms with Crippen LogP contribution in [-0.4, -0.2) is 148 Å². The lowest BCUT2D eigenvalue weighted by Gasteiger charge is -2.31. The van der Waals surface area contributed by atoms with Gasteiger partial charge >= 0.3 is 0 Å². The fourth-order valence-corrected chi connectivity index (χ4v) is 9.62. The Bertz CT molecular complexity index is 2050. The Hall–Kier alpha value is -6.15. The second-order valence-corrected chi connectivity index (χ2v) is 20.0. The molecule has 2 heterocycles. The first-order valence-electron chi connectivity index (χ1n) is 22.5. The van der Waals surface area contributed by atoms with Crippen molar-refractivity contribution in [3.8, 4) is 5.75 Å². The summed E-state index contributed by atoms with van der Waals surface area (Å²) in [5.41, 5.74) is 22.9. The van der Waals surface area contributed by atoms with Crippen molar-refractivity contribution in [1.82, 2.24) is 42.1 Å². The van der Waals surface area contributed by atoms with Crippen LogP contribution >= 0.6 is 21.6 Å². The zero-order valence-electron chi connectivity index (χ0n) is 39.1. The van der Waals surface area contributed by atoms with Crippen molar-refractivity contribution in [1.29, 1.82) is 0 Å². The van der Waals surface area contributed by atoms with Gasteiger partial charge in [0.05, 0.1) is 19.0 Å². The molecule has 26 heteroatoms. The largest absolute Gasteiger partial charge is 0.508 e. The highest BCUT2D eigenvalue weighted by atomic mass is 33.1. The fourth-order valence-electron chi connectivity index (χ4n) is 7.34. The van der Waals surface area contributed by atoms with Gasteiger partial charge in [-0.1, -0.05) is 67.8 Å². The van der Waals surface area contributed by atoms with Crippen LogP contribution in [-0.2, 0) is 59.2 Å². The van der Waals surface area contributed by atoms with Crippen LogP contribution < -0.4 is 60.2 Å². The number of likely N-dealkylation sites (tertiary alicyclic amines) is 1. The van der Waals surface area contributed by atoms with E-state index in [0.29, 0.717) is 18.4 Å². The Morgan fingerprint density at radius 2 is 1.39 bits per heavy atom. The van der Waals surface area contributed by atoms with E-state index in [1.54, 1.807) is 13.8 Å². The van der Waals surface area contributed by atoms with E-state index in [4.69, 9.17) is 22.9 Å². The molecule has 69 heavy (non-hydrogen) atoms. The van der Waals surface area contributed by atoms with Gasteiger partial charge in [0.2, 0.25) is 65.0 Å². The molecule has 382 valence electrons. The molecular weight excluding hydrogens is 941 g/mol. The summed E-state index contributed by atoms with van der Waals surface area (Å²) in [6, 6.07) is -5.05. The minimum absolute atomic E-state index is 0.0468. The number of carbonyl (C=O) groups excluding carboxylic acids is 11. The van der Waals surface area contributed by atoms with Crippen molar-refractivity contribution in [3.05, 3.63) is 29.8 Å². The molecule has 0 radical (unpaired) electrons. The molecule has 0 aliphatic carbocycles. The summed E-state index contributed by atoms with van der Waals surface area (Å²) < 4.78 is 0. The number of nitrogens with zero attached hydrogens (tertiary/aromatic N) is 1. The lowest BCUT2D eigenvalue weighted by Crippen LogP contribution is -2.61. The van der Waals surface area contributed by atoms with Gasteiger partial charge in [0.1, 0.15) is 48.0 Å². The predicted molar refractivity (Wildman–Crippen MR) is 254 cm³/mol. The van der Waals surface area contributed by atoms with E-state index >= 15 is 0 Å². The third-order valence-electron chi connectivity index (χ3n) is 11.3. The highest BCUT2D eigenvalue weighted by Crippen LogP contribution is 2.26. The number of nitrogens with one attached hydrogen (secondary N) is 7. The number of carbonyl (C=O) groups is 11. The van der Waals surface area contributed by atoms with Gasteiger partial charge in [-0.25, -0.2) is 0 Å². The number of aromatic hydroxyl groups is 1. The molecule has 6 unspecified atom stereocenters. The first kappa shape index (κ1) is 57.2. The third-order valence-corrected chi connectivity index (χ3v) is 13.7. The molecule has 2 aliphatic rings. The molecule has 9 atom stereocenters. The van der Waals surface area contributed by atoms with Gasteiger partial charge in [0.15, 0.2) is 0 Å². The first-order valence-corrected chi connectivity index (χ1v) is 25.0. The number of amides is 11. The van der Waals surface area contributed by atoms with Crippen molar-refractivity contribution in [2.75, 3.05) is 24.6 Å². The summed E-state index contributed by atoms with van der Waals surface area (Å²) in [6.07, 6.45) is -0.694. The normalized spacial score (nSPS) is 24.3. The Morgan fingerprint density at radius 3 is 2.00 bits per heavy atom. The average Bonchev–Trinajstić information content (AvgIpc) is 3.78. The molecule has 24 nitrogen and oxygen atoms in total. The molecule has 1 aromatic rings. The maximum absolute atomic E-state index is 14.5. The fraction of sp³-hybridized carbons (Fsp3) is 0.605. The highest BCUT2D eigenvalue weighted by molar-refractivity contribution is 8.76. The molecule has 0 saturated carbocycles. The molecule has 0 bridgehead atoms. The molecule has 3 rings (SSSR count). The zero-order chi connectivity index (χ0) is 51.5. The number of hydrogen-bond donors (Lipinski definition) is 12. The third kappa shape index (κ3) is 18.7. The molecule has 2 fully saturated rings. The Kier molecular flexibility index (Phi) is 23.0.